The molecule has 3 unspecified atom stereocenters. The first kappa shape index (κ1) is 15.5. The highest BCUT2D eigenvalue weighted by atomic mass is 32.2. The van der Waals surface area contributed by atoms with Crippen LogP contribution in [-0.2, 0) is 19.4 Å². The fourth-order valence-electron chi connectivity index (χ4n) is 2.68. The van der Waals surface area contributed by atoms with Gasteiger partial charge in [-0.1, -0.05) is 26.7 Å². The van der Waals surface area contributed by atoms with Gasteiger partial charge in [0.1, 0.15) is 0 Å². The van der Waals surface area contributed by atoms with E-state index in [0.29, 0.717) is 25.2 Å². The molecule has 3 atom stereocenters. The summed E-state index contributed by atoms with van der Waals surface area (Å²) in [6.07, 6.45) is 3.68. The number of rotatable bonds is 5. The Bertz CT molecular complexity index is 374. The van der Waals surface area contributed by atoms with Crippen molar-refractivity contribution in [2.75, 3.05) is 6.61 Å². The SMILES string of the molecule is CCOC(=O)C(CC)S(=O)(=O)C1CCCC(C)C1. The molecule has 0 aromatic carbocycles. The molecular weight excluding hydrogens is 252 g/mol. The van der Waals surface area contributed by atoms with Gasteiger partial charge in [-0.3, -0.25) is 4.79 Å². The molecule has 0 bridgehead atoms. The second kappa shape index (κ2) is 6.55. The maximum absolute atomic E-state index is 12.5. The van der Waals surface area contributed by atoms with Gasteiger partial charge in [0, 0.05) is 0 Å². The fourth-order valence-corrected chi connectivity index (χ4v) is 5.03. The molecule has 0 amide bonds. The van der Waals surface area contributed by atoms with Gasteiger partial charge in [-0.15, -0.1) is 0 Å². The normalized spacial score (nSPS) is 26.6. The van der Waals surface area contributed by atoms with Crippen molar-refractivity contribution in [1.29, 1.82) is 0 Å². The van der Waals surface area contributed by atoms with E-state index in [9.17, 15) is 13.2 Å². The summed E-state index contributed by atoms with van der Waals surface area (Å²) < 4.78 is 29.8. The number of esters is 1. The van der Waals surface area contributed by atoms with Crippen LogP contribution in [0.15, 0.2) is 0 Å². The minimum absolute atomic E-state index is 0.228. The molecule has 1 aliphatic rings. The van der Waals surface area contributed by atoms with Gasteiger partial charge in [-0.2, -0.15) is 0 Å². The van der Waals surface area contributed by atoms with Gasteiger partial charge in [0.05, 0.1) is 11.9 Å². The van der Waals surface area contributed by atoms with E-state index in [2.05, 4.69) is 6.92 Å². The minimum Gasteiger partial charge on any atom is -0.465 e. The van der Waals surface area contributed by atoms with Gasteiger partial charge < -0.3 is 4.74 Å². The Hall–Kier alpha value is -0.580. The zero-order chi connectivity index (χ0) is 13.8. The van der Waals surface area contributed by atoms with E-state index < -0.39 is 21.1 Å². The third-order valence-corrected chi connectivity index (χ3v) is 6.35. The quantitative estimate of drug-likeness (QED) is 0.723. The van der Waals surface area contributed by atoms with Crippen molar-refractivity contribution in [2.24, 2.45) is 5.92 Å². The minimum atomic E-state index is -3.40. The number of hydrogen-bond acceptors (Lipinski definition) is 4. The van der Waals surface area contributed by atoms with E-state index in [1.165, 1.54) is 0 Å². The molecule has 4 nitrogen and oxygen atoms in total. The van der Waals surface area contributed by atoms with Gasteiger partial charge in [-0.05, 0) is 32.1 Å². The highest BCUT2D eigenvalue weighted by molar-refractivity contribution is 7.93. The third-order valence-electron chi connectivity index (χ3n) is 3.67. The highest BCUT2D eigenvalue weighted by Gasteiger charge is 2.40. The van der Waals surface area contributed by atoms with E-state index >= 15 is 0 Å². The summed E-state index contributed by atoms with van der Waals surface area (Å²) in [5, 5.41) is -1.34. The second-order valence-corrected chi connectivity index (χ2v) is 7.55. The largest absolute Gasteiger partial charge is 0.465 e. The van der Waals surface area contributed by atoms with Crippen LogP contribution in [0.25, 0.3) is 0 Å². The molecule has 1 saturated carbocycles. The number of hydrogen-bond donors (Lipinski definition) is 0. The lowest BCUT2D eigenvalue weighted by atomic mass is 9.91. The summed E-state index contributed by atoms with van der Waals surface area (Å²) in [6.45, 7) is 5.73. The summed E-state index contributed by atoms with van der Waals surface area (Å²) in [5.74, 6) is -0.156. The standard InChI is InChI=1S/C13H24O4S/c1-4-12(13(14)17-5-2)18(15,16)11-8-6-7-10(3)9-11/h10-12H,4-9H2,1-3H3. The van der Waals surface area contributed by atoms with E-state index in [-0.39, 0.29) is 11.9 Å². The average Bonchev–Trinajstić information content (AvgIpc) is 2.30. The van der Waals surface area contributed by atoms with Crippen molar-refractivity contribution in [3.8, 4) is 0 Å². The van der Waals surface area contributed by atoms with Gasteiger partial charge >= 0.3 is 5.97 Å². The van der Waals surface area contributed by atoms with Crippen LogP contribution in [0.3, 0.4) is 0 Å². The Labute approximate surface area is 110 Å². The molecule has 0 saturated heterocycles. The van der Waals surface area contributed by atoms with Crippen LogP contribution in [0.1, 0.15) is 52.9 Å². The Balaban J connectivity index is 2.85. The maximum atomic E-state index is 12.5. The first-order chi connectivity index (χ1) is 8.43. The van der Waals surface area contributed by atoms with E-state index in [1.54, 1.807) is 13.8 Å². The summed E-state index contributed by atoms with van der Waals surface area (Å²) in [4.78, 5) is 11.7. The lowest BCUT2D eigenvalue weighted by Crippen LogP contribution is -2.40. The van der Waals surface area contributed by atoms with Crippen LogP contribution in [0.4, 0.5) is 0 Å². The van der Waals surface area contributed by atoms with Crippen molar-refractivity contribution in [3.63, 3.8) is 0 Å². The van der Waals surface area contributed by atoms with Crippen molar-refractivity contribution in [1.82, 2.24) is 0 Å². The van der Waals surface area contributed by atoms with Crippen molar-refractivity contribution in [2.45, 2.75) is 63.4 Å². The van der Waals surface area contributed by atoms with Crippen molar-refractivity contribution >= 4 is 15.8 Å². The van der Waals surface area contributed by atoms with Crippen LogP contribution < -0.4 is 0 Å². The Morgan fingerprint density at radius 2 is 2.00 bits per heavy atom. The molecule has 1 fully saturated rings. The first-order valence-corrected chi connectivity index (χ1v) is 8.43. The van der Waals surface area contributed by atoms with Crippen molar-refractivity contribution in [3.05, 3.63) is 0 Å². The zero-order valence-electron chi connectivity index (χ0n) is 11.5. The molecule has 0 aromatic rings. The number of carbonyl (C=O) groups excluding carboxylic acids is 1. The summed E-state index contributed by atoms with van der Waals surface area (Å²) in [6, 6.07) is 0. The van der Waals surface area contributed by atoms with Gasteiger partial charge in [-0.25, -0.2) is 8.42 Å². The summed E-state index contributed by atoms with van der Waals surface area (Å²) >= 11 is 0. The van der Waals surface area contributed by atoms with E-state index in [0.717, 1.165) is 12.8 Å². The Morgan fingerprint density at radius 3 is 2.50 bits per heavy atom. The van der Waals surface area contributed by atoms with E-state index in [1.807, 2.05) is 0 Å². The van der Waals surface area contributed by atoms with Gasteiger partial charge in [0.25, 0.3) is 0 Å². The fraction of sp³-hybridized carbons (Fsp3) is 0.923. The lowest BCUT2D eigenvalue weighted by molar-refractivity contribution is -0.142. The molecule has 0 aliphatic heterocycles. The molecular formula is C13H24O4S. The molecule has 106 valence electrons. The second-order valence-electron chi connectivity index (χ2n) is 5.13. The molecule has 0 aromatic heterocycles. The van der Waals surface area contributed by atoms with Crippen LogP contribution in [0.2, 0.25) is 0 Å². The maximum Gasteiger partial charge on any atom is 0.324 e. The summed E-state index contributed by atoms with van der Waals surface area (Å²) in [7, 11) is -3.40. The molecule has 0 spiro atoms. The topological polar surface area (TPSA) is 60.4 Å². The van der Waals surface area contributed by atoms with Gasteiger partial charge in [0.2, 0.25) is 0 Å². The van der Waals surface area contributed by atoms with Crippen molar-refractivity contribution < 1.29 is 17.9 Å². The molecule has 0 N–H and O–H groups in total. The smallest absolute Gasteiger partial charge is 0.324 e. The molecule has 5 heteroatoms. The number of sulfone groups is 1. The zero-order valence-corrected chi connectivity index (χ0v) is 12.3. The first-order valence-electron chi connectivity index (χ1n) is 6.82. The van der Waals surface area contributed by atoms with Crippen LogP contribution in [0, 0.1) is 5.92 Å². The van der Waals surface area contributed by atoms with E-state index in [4.69, 9.17) is 4.74 Å². The van der Waals surface area contributed by atoms with Crippen LogP contribution >= 0.6 is 0 Å². The predicted molar refractivity (Wildman–Crippen MR) is 71.1 cm³/mol. The van der Waals surface area contributed by atoms with Gasteiger partial charge in [0.15, 0.2) is 15.1 Å². The average molecular weight is 276 g/mol. The molecule has 0 radical (unpaired) electrons. The van der Waals surface area contributed by atoms with Crippen LogP contribution in [-0.4, -0.2) is 31.5 Å². The monoisotopic (exact) mass is 276 g/mol. The highest BCUT2D eigenvalue weighted by Crippen LogP contribution is 2.31. The molecule has 18 heavy (non-hydrogen) atoms. The molecule has 1 aliphatic carbocycles. The van der Waals surface area contributed by atoms with Crippen LogP contribution in [0.5, 0.6) is 0 Å². The Morgan fingerprint density at radius 1 is 1.33 bits per heavy atom. The Kier molecular flexibility index (Phi) is 5.63. The third kappa shape index (κ3) is 3.46. The molecule has 1 rings (SSSR count). The summed E-state index contributed by atoms with van der Waals surface area (Å²) in [5.41, 5.74) is 0. The molecule has 0 heterocycles. The number of carbonyl (C=O) groups is 1. The predicted octanol–water partition coefficient (Wildman–Crippen LogP) is 2.32. The number of ether oxygens (including phenoxy) is 1. The lowest BCUT2D eigenvalue weighted by Gasteiger charge is -2.29.